The van der Waals surface area contributed by atoms with Gasteiger partial charge in [0, 0.05) is 17.4 Å². The number of nitrogens with two attached hydrogens (primary N) is 1. The molecule has 2 N–H and O–H groups in total. The average Bonchev–Trinajstić information content (AvgIpc) is 2.73. The molecule has 0 aliphatic rings. The summed E-state index contributed by atoms with van der Waals surface area (Å²) >= 11 is 0. The molecule has 0 fully saturated rings. The summed E-state index contributed by atoms with van der Waals surface area (Å²) < 4.78 is 2.00. The second-order valence-electron chi connectivity index (χ2n) is 3.70. The van der Waals surface area contributed by atoms with Crippen molar-refractivity contribution in [1.29, 1.82) is 0 Å². The van der Waals surface area contributed by atoms with Crippen LogP contribution in [0.5, 0.6) is 0 Å². The Bertz CT molecular complexity index is 626. The highest BCUT2D eigenvalue weighted by Gasteiger charge is 2.04. The van der Waals surface area contributed by atoms with Gasteiger partial charge in [-0.3, -0.25) is 4.40 Å². The van der Waals surface area contributed by atoms with Gasteiger partial charge in [0.25, 0.3) is 0 Å². The lowest BCUT2D eigenvalue weighted by atomic mass is 10.2. The molecular weight excluding hydrogens is 198 g/mol. The van der Waals surface area contributed by atoms with Gasteiger partial charge in [-0.15, -0.1) is 0 Å². The predicted octanol–water partition coefficient (Wildman–Crippen LogP) is 2.58. The zero-order chi connectivity index (χ0) is 11.0. The van der Waals surface area contributed by atoms with Crippen LogP contribution in [0, 0.1) is 0 Å². The number of rotatable bonds is 1. The van der Waals surface area contributed by atoms with Crippen molar-refractivity contribution in [1.82, 2.24) is 9.38 Å². The molecule has 2 heterocycles. The van der Waals surface area contributed by atoms with Crippen LogP contribution in [0.4, 0.5) is 5.69 Å². The Morgan fingerprint density at radius 3 is 2.62 bits per heavy atom. The van der Waals surface area contributed by atoms with E-state index in [4.69, 9.17) is 5.73 Å². The first-order valence-corrected chi connectivity index (χ1v) is 5.12. The van der Waals surface area contributed by atoms with Gasteiger partial charge in [-0.05, 0) is 12.1 Å². The molecule has 78 valence electrons. The Kier molecular flexibility index (Phi) is 1.90. The number of hydrogen-bond donors (Lipinski definition) is 1. The van der Waals surface area contributed by atoms with Crippen LogP contribution in [0.1, 0.15) is 0 Å². The fraction of sp³-hybridized carbons (Fsp3) is 0. The fourth-order valence-corrected chi connectivity index (χ4v) is 1.82. The van der Waals surface area contributed by atoms with Crippen LogP contribution < -0.4 is 5.73 Å². The summed E-state index contributed by atoms with van der Waals surface area (Å²) in [6.45, 7) is 0. The van der Waals surface area contributed by atoms with Gasteiger partial charge < -0.3 is 5.73 Å². The molecule has 0 bridgehead atoms. The smallest absolute Gasteiger partial charge is 0.137 e. The molecule has 0 radical (unpaired) electrons. The Morgan fingerprint density at radius 2 is 1.81 bits per heavy atom. The minimum Gasteiger partial charge on any atom is -0.398 e. The molecule has 0 atom stereocenters. The van der Waals surface area contributed by atoms with Crippen molar-refractivity contribution in [3.63, 3.8) is 0 Å². The number of pyridine rings is 1. The number of hydrogen-bond acceptors (Lipinski definition) is 2. The first kappa shape index (κ1) is 8.97. The molecule has 0 aliphatic heterocycles. The third-order valence-electron chi connectivity index (χ3n) is 2.60. The van der Waals surface area contributed by atoms with Crippen molar-refractivity contribution in [2.75, 3.05) is 5.73 Å². The molecule has 2 aromatic heterocycles. The molecule has 1 aromatic carbocycles. The number of aromatic nitrogens is 2. The van der Waals surface area contributed by atoms with Crippen LogP contribution in [-0.4, -0.2) is 9.38 Å². The molecule has 16 heavy (non-hydrogen) atoms. The monoisotopic (exact) mass is 209 g/mol. The van der Waals surface area contributed by atoms with Gasteiger partial charge in [0.15, 0.2) is 0 Å². The summed E-state index contributed by atoms with van der Waals surface area (Å²) in [7, 11) is 0. The van der Waals surface area contributed by atoms with Crippen LogP contribution in [0.15, 0.2) is 54.9 Å². The molecule has 0 unspecified atom stereocenters. The molecule has 3 nitrogen and oxygen atoms in total. The van der Waals surface area contributed by atoms with E-state index in [-0.39, 0.29) is 0 Å². The molecular formula is C13H11N3. The van der Waals surface area contributed by atoms with E-state index in [1.165, 1.54) is 0 Å². The normalized spacial score (nSPS) is 10.8. The van der Waals surface area contributed by atoms with Crippen LogP contribution >= 0.6 is 0 Å². The first-order chi connectivity index (χ1) is 7.84. The summed E-state index contributed by atoms with van der Waals surface area (Å²) in [6, 6.07) is 13.9. The maximum absolute atomic E-state index is 5.78. The summed E-state index contributed by atoms with van der Waals surface area (Å²) in [5, 5.41) is 0. The van der Waals surface area contributed by atoms with E-state index in [0.29, 0.717) is 0 Å². The Labute approximate surface area is 93.2 Å². The Balaban J connectivity index is 2.29. The standard InChI is InChI=1S/C13H11N3/c14-11-6-7-13-15-8-12(16(13)9-11)10-4-2-1-3-5-10/h1-9H,14H2. The zero-order valence-electron chi connectivity index (χ0n) is 8.67. The molecule has 0 saturated carbocycles. The number of benzene rings is 1. The Hall–Kier alpha value is -2.29. The zero-order valence-corrected chi connectivity index (χ0v) is 8.67. The highest BCUT2D eigenvalue weighted by atomic mass is 15.0. The van der Waals surface area contributed by atoms with Gasteiger partial charge >= 0.3 is 0 Å². The fourth-order valence-electron chi connectivity index (χ4n) is 1.82. The van der Waals surface area contributed by atoms with Crippen molar-refractivity contribution < 1.29 is 0 Å². The molecule has 3 rings (SSSR count). The Morgan fingerprint density at radius 1 is 1.00 bits per heavy atom. The van der Waals surface area contributed by atoms with Crippen LogP contribution in [0.25, 0.3) is 16.9 Å². The summed E-state index contributed by atoms with van der Waals surface area (Å²) in [6.07, 6.45) is 3.76. The van der Waals surface area contributed by atoms with E-state index in [1.807, 2.05) is 47.1 Å². The van der Waals surface area contributed by atoms with Crippen molar-refractivity contribution in [3.05, 3.63) is 54.9 Å². The van der Waals surface area contributed by atoms with E-state index in [0.717, 1.165) is 22.6 Å². The average molecular weight is 209 g/mol. The third kappa shape index (κ3) is 1.34. The third-order valence-corrected chi connectivity index (χ3v) is 2.60. The highest BCUT2D eigenvalue weighted by Crippen LogP contribution is 2.21. The lowest BCUT2D eigenvalue weighted by Crippen LogP contribution is -1.92. The molecule has 0 spiro atoms. The molecule has 0 amide bonds. The van der Waals surface area contributed by atoms with E-state index in [9.17, 15) is 0 Å². The molecule has 0 aliphatic carbocycles. The molecule has 3 heteroatoms. The van der Waals surface area contributed by atoms with Gasteiger partial charge in [0.1, 0.15) is 5.65 Å². The van der Waals surface area contributed by atoms with E-state index in [2.05, 4.69) is 17.1 Å². The van der Waals surface area contributed by atoms with Crippen LogP contribution in [-0.2, 0) is 0 Å². The molecule has 0 saturated heterocycles. The predicted molar refractivity (Wildman–Crippen MR) is 65.0 cm³/mol. The number of nitrogen functional groups attached to an aromatic ring is 1. The summed E-state index contributed by atoms with van der Waals surface area (Å²) in [4.78, 5) is 4.34. The summed E-state index contributed by atoms with van der Waals surface area (Å²) in [5.41, 5.74) is 9.63. The van der Waals surface area contributed by atoms with Crippen molar-refractivity contribution >= 4 is 11.3 Å². The van der Waals surface area contributed by atoms with Gasteiger partial charge in [0.2, 0.25) is 0 Å². The molecule has 3 aromatic rings. The lowest BCUT2D eigenvalue weighted by molar-refractivity contribution is 1.19. The minimum absolute atomic E-state index is 0.739. The maximum atomic E-state index is 5.78. The van der Waals surface area contributed by atoms with E-state index in [1.54, 1.807) is 0 Å². The SMILES string of the molecule is Nc1ccc2ncc(-c3ccccc3)n2c1. The largest absolute Gasteiger partial charge is 0.398 e. The van der Waals surface area contributed by atoms with Gasteiger partial charge in [-0.1, -0.05) is 30.3 Å². The second kappa shape index (κ2) is 3.38. The quantitative estimate of drug-likeness (QED) is 0.669. The van der Waals surface area contributed by atoms with Gasteiger partial charge in [-0.2, -0.15) is 0 Å². The number of anilines is 1. The van der Waals surface area contributed by atoms with Crippen LogP contribution in [0.2, 0.25) is 0 Å². The topological polar surface area (TPSA) is 43.3 Å². The summed E-state index contributed by atoms with van der Waals surface area (Å²) in [5.74, 6) is 0. The van der Waals surface area contributed by atoms with Crippen molar-refractivity contribution in [3.8, 4) is 11.3 Å². The van der Waals surface area contributed by atoms with Crippen LogP contribution in [0.3, 0.4) is 0 Å². The second-order valence-corrected chi connectivity index (χ2v) is 3.70. The van der Waals surface area contributed by atoms with Gasteiger partial charge in [0.05, 0.1) is 11.9 Å². The highest BCUT2D eigenvalue weighted by molar-refractivity contribution is 5.64. The van der Waals surface area contributed by atoms with Gasteiger partial charge in [-0.25, -0.2) is 4.98 Å². The number of imidazole rings is 1. The minimum atomic E-state index is 0.739. The lowest BCUT2D eigenvalue weighted by Gasteiger charge is -2.02. The van der Waals surface area contributed by atoms with Crippen molar-refractivity contribution in [2.45, 2.75) is 0 Å². The van der Waals surface area contributed by atoms with E-state index < -0.39 is 0 Å². The number of fused-ring (bicyclic) bond motifs is 1. The van der Waals surface area contributed by atoms with E-state index >= 15 is 0 Å². The van der Waals surface area contributed by atoms with Crippen molar-refractivity contribution in [2.24, 2.45) is 0 Å². The first-order valence-electron chi connectivity index (χ1n) is 5.12. The number of nitrogens with zero attached hydrogens (tertiary/aromatic N) is 2. The maximum Gasteiger partial charge on any atom is 0.137 e.